The largest absolute Gasteiger partial charge is 0.456 e. The highest BCUT2D eigenvalue weighted by atomic mass is 19.4. The van der Waals surface area contributed by atoms with E-state index in [4.69, 9.17) is 0 Å². The van der Waals surface area contributed by atoms with E-state index in [1.165, 1.54) is 0 Å². The molecule has 1 aliphatic rings. The van der Waals surface area contributed by atoms with E-state index < -0.39 is 59.9 Å². The number of morpholine rings is 1. The van der Waals surface area contributed by atoms with E-state index in [2.05, 4.69) is 0 Å². The normalized spacial score (nSPS) is 33.2. The van der Waals surface area contributed by atoms with Gasteiger partial charge in [0.25, 0.3) is 0 Å². The minimum atomic E-state index is -7.67. The van der Waals surface area contributed by atoms with Crippen LogP contribution >= 0.6 is 0 Å². The van der Waals surface area contributed by atoms with Crippen LogP contribution in [-0.2, 0) is 4.74 Å². The van der Waals surface area contributed by atoms with Crippen molar-refractivity contribution in [2.45, 2.75) is 55.0 Å². The summed E-state index contributed by atoms with van der Waals surface area (Å²) in [5.74, 6) is -21.3. The monoisotopic (exact) mass is 445 g/mol. The Morgan fingerprint density at radius 3 is 1.04 bits per heavy atom. The molecule has 1 saturated heterocycles. The third kappa shape index (κ3) is 2.80. The maximum atomic E-state index is 13.6. The van der Waals surface area contributed by atoms with Gasteiger partial charge in [0.1, 0.15) is 0 Å². The Morgan fingerprint density at radius 1 is 0.593 bits per heavy atom. The van der Waals surface area contributed by atoms with Crippen LogP contribution in [0.4, 0.5) is 70.2 Å². The smallest absolute Gasteiger partial charge is 0.282 e. The first-order chi connectivity index (χ1) is 11.3. The molecular weight excluding hydrogens is 442 g/mol. The van der Waals surface area contributed by atoms with Crippen molar-refractivity contribution in [1.29, 1.82) is 0 Å². The molecule has 0 N–H and O–H groups in total. The molecule has 0 aliphatic carbocycles. The van der Waals surface area contributed by atoms with Gasteiger partial charge in [0.05, 0.1) is 0 Å². The molecule has 1 rings (SSSR count). The number of alkyl halides is 16. The molecule has 1 fully saturated rings. The Hall–Kier alpha value is -1.20. The lowest BCUT2D eigenvalue weighted by Crippen LogP contribution is -2.85. The lowest BCUT2D eigenvalue weighted by Gasteiger charge is -2.55. The Balaban J connectivity index is 4.02. The van der Waals surface area contributed by atoms with Crippen molar-refractivity contribution in [2.24, 2.45) is 0 Å². The molecule has 1 aliphatic heterocycles. The lowest BCUT2D eigenvalue weighted by molar-refractivity contribution is -0.602. The number of nitrogens with zero attached hydrogens (tertiary/aromatic N) is 1. The molecule has 2 nitrogen and oxygen atoms in total. The van der Waals surface area contributed by atoms with Crippen LogP contribution in [0.5, 0.6) is 0 Å². The third-order valence-corrected chi connectivity index (χ3v) is 3.15. The SMILES string of the molecule is CC(F)(F)C(F)(F)N1C(F)(F)C(F)(C(F)(F)F)OC(F)(C(F)(F)F)C1(F)F. The fourth-order valence-corrected chi connectivity index (χ4v) is 1.79. The number of halogens is 16. The molecule has 0 amide bonds. The van der Waals surface area contributed by atoms with Crippen molar-refractivity contribution in [2.75, 3.05) is 0 Å². The zero-order valence-corrected chi connectivity index (χ0v) is 11.9. The Kier molecular flexibility index (Phi) is 4.81. The van der Waals surface area contributed by atoms with Gasteiger partial charge in [0.15, 0.2) is 0 Å². The second-order valence-corrected chi connectivity index (χ2v) is 5.14. The summed E-state index contributed by atoms with van der Waals surface area (Å²) in [4.78, 5) is -4.13. The van der Waals surface area contributed by atoms with E-state index in [0.717, 1.165) is 0 Å². The second kappa shape index (κ2) is 5.44. The van der Waals surface area contributed by atoms with E-state index in [1.807, 2.05) is 0 Å². The number of rotatable bonds is 2. The quantitative estimate of drug-likeness (QED) is 0.428. The van der Waals surface area contributed by atoms with Gasteiger partial charge < -0.3 is 0 Å². The van der Waals surface area contributed by atoms with Crippen molar-refractivity contribution < 1.29 is 75.0 Å². The van der Waals surface area contributed by atoms with Crippen LogP contribution in [0.3, 0.4) is 0 Å². The molecule has 2 unspecified atom stereocenters. The lowest BCUT2D eigenvalue weighted by atomic mass is 10.0. The molecule has 1 heterocycles. The fraction of sp³-hybridized carbons (Fsp3) is 1.00. The van der Waals surface area contributed by atoms with E-state index in [0.29, 0.717) is 0 Å². The first-order valence-corrected chi connectivity index (χ1v) is 5.85. The molecule has 0 aromatic heterocycles. The number of ether oxygens (including phenoxy) is 1. The first kappa shape index (κ1) is 23.8. The fourth-order valence-electron chi connectivity index (χ4n) is 1.79. The summed E-state index contributed by atoms with van der Waals surface area (Å²) in [5.41, 5.74) is 0. The van der Waals surface area contributed by atoms with Gasteiger partial charge in [-0.3, -0.25) is 4.74 Å². The minimum Gasteiger partial charge on any atom is -0.282 e. The van der Waals surface area contributed by atoms with Crippen molar-refractivity contribution >= 4 is 0 Å². The molecule has 27 heavy (non-hydrogen) atoms. The predicted octanol–water partition coefficient (Wildman–Crippen LogP) is 5.21. The molecule has 0 aromatic carbocycles. The van der Waals surface area contributed by atoms with Crippen LogP contribution in [0, 0.1) is 0 Å². The van der Waals surface area contributed by atoms with Gasteiger partial charge >= 0.3 is 48.1 Å². The van der Waals surface area contributed by atoms with Crippen LogP contribution in [0.25, 0.3) is 0 Å². The van der Waals surface area contributed by atoms with Crippen LogP contribution in [0.2, 0.25) is 0 Å². The molecule has 0 bridgehead atoms. The minimum absolute atomic E-state index is 1.18. The summed E-state index contributed by atoms with van der Waals surface area (Å²) in [5, 5.41) is 0. The number of hydrogen-bond acceptors (Lipinski definition) is 2. The van der Waals surface area contributed by atoms with Crippen LogP contribution in [0.1, 0.15) is 6.92 Å². The molecule has 0 saturated carbocycles. The number of hydrogen-bond donors (Lipinski definition) is 0. The summed E-state index contributed by atoms with van der Waals surface area (Å²) >= 11 is 0. The summed E-state index contributed by atoms with van der Waals surface area (Å²) in [6, 6.07) is -22.7. The third-order valence-electron chi connectivity index (χ3n) is 3.15. The average Bonchev–Trinajstić information content (AvgIpc) is 2.31. The first-order valence-electron chi connectivity index (χ1n) is 5.85. The topological polar surface area (TPSA) is 12.5 Å². The summed E-state index contributed by atoms with van der Waals surface area (Å²) < 4.78 is 210. The Bertz CT molecular complexity index is 550. The Labute approximate surface area is 136 Å². The van der Waals surface area contributed by atoms with E-state index in [1.54, 1.807) is 4.74 Å². The van der Waals surface area contributed by atoms with Gasteiger partial charge in [-0.2, -0.15) is 70.2 Å². The molecule has 162 valence electrons. The van der Waals surface area contributed by atoms with Gasteiger partial charge in [0, 0.05) is 6.92 Å². The molecule has 0 spiro atoms. The van der Waals surface area contributed by atoms with Gasteiger partial charge in [-0.15, -0.1) is 4.90 Å². The van der Waals surface area contributed by atoms with Crippen molar-refractivity contribution in [3.05, 3.63) is 0 Å². The van der Waals surface area contributed by atoms with E-state index in [9.17, 15) is 70.2 Å². The Morgan fingerprint density at radius 2 is 0.852 bits per heavy atom. The van der Waals surface area contributed by atoms with Crippen LogP contribution in [0.15, 0.2) is 0 Å². The predicted molar refractivity (Wildman–Crippen MR) is 48.2 cm³/mol. The van der Waals surface area contributed by atoms with Gasteiger partial charge in [0.2, 0.25) is 0 Å². The highest BCUT2D eigenvalue weighted by Gasteiger charge is 2.96. The molecule has 0 aromatic rings. The maximum absolute atomic E-state index is 13.6. The van der Waals surface area contributed by atoms with Crippen LogP contribution in [-0.4, -0.2) is 53.0 Å². The maximum Gasteiger partial charge on any atom is 0.456 e. The van der Waals surface area contributed by atoms with Crippen molar-refractivity contribution in [3.8, 4) is 0 Å². The van der Waals surface area contributed by atoms with Crippen molar-refractivity contribution in [3.63, 3.8) is 0 Å². The standard InChI is InChI=1S/C9H3F16NO/c1-2(10,11)7(20,21)26-8(22,23)3(12,5(14,15)16)27-4(13,6(17,18)19)9(26,24)25/h1H3. The zero-order valence-electron chi connectivity index (χ0n) is 11.9. The highest BCUT2D eigenvalue weighted by molar-refractivity contribution is 5.10. The molecule has 2 atom stereocenters. The average molecular weight is 445 g/mol. The van der Waals surface area contributed by atoms with Crippen molar-refractivity contribution in [1.82, 2.24) is 4.90 Å². The zero-order chi connectivity index (χ0) is 22.3. The highest BCUT2D eigenvalue weighted by Crippen LogP contribution is 2.65. The second-order valence-electron chi connectivity index (χ2n) is 5.14. The molecular formula is C9H3F16NO. The summed E-state index contributed by atoms with van der Waals surface area (Å²) in [7, 11) is 0. The van der Waals surface area contributed by atoms with Gasteiger partial charge in [-0.05, 0) is 0 Å². The summed E-state index contributed by atoms with van der Waals surface area (Å²) in [6.45, 7) is -1.18. The van der Waals surface area contributed by atoms with Gasteiger partial charge in [-0.25, -0.2) is 0 Å². The molecule has 0 radical (unpaired) electrons. The van der Waals surface area contributed by atoms with E-state index >= 15 is 0 Å². The van der Waals surface area contributed by atoms with Gasteiger partial charge in [-0.1, -0.05) is 0 Å². The van der Waals surface area contributed by atoms with Crippen LogP contribution < -0.4 is 0 Å². The molecule has 18 heteroatoms. The summed E-state index contributed by atoms with van der Waals surface area (Å²) in [6.07, 6.45) is -15.2. The van der Waals surface area contributed by atoms with E-state index in [-0.39, 0.29) is 0 Å².